The molecule has 0 aliphatic rings. The molecule has 2 N–H and O–H groups in total. The van der Waals surface area contributed by atoms with E-state index in [0.717, 1.165) is 10.0 Å². The van der Waals surface area contributed by atoms with Gasteiger partial charge in [0, 0.05) is 16.9 Å². The van der Waals surface area contributed by atoms with E-state index in [2.05, 4.69) is 21.2 Å². The molecule has 104 valence electrons. The molecule has 19 heavy (non-hydrogen) atoms. The van der Waals surface area contributed by atoms with Gasteiger partial charge in [0.15, 0.2) is 0 Å². The summed E-state index contributed by atoms with van der Waals surface area (Å²) >= 11 is 3.35. The Morgan fingerprint density at radius 1 is 1.42 bits per heavy atom. The van der Waals surface area contributed by atoms with Gasteiger partial charge in [-0.15, -0.1) is 0 Å². The number of rotatable bonds is 6. The van der Waals surface area contributed by atoms with E-state index in [1.165, 1.54) is 0 Å². The molecule has 5 heteroatoms. The van der Waals surface area contributed by atoms with Crippen molar-refractivity contribution < 1.29 is 14.7 Å². The fraction of sp³-hybridized carbons (Fsp3) is 0.429. The maximum absolute atomic E-state index is 12.1. The highest BCUT2D eigenvalue weighted by molar-refractivity contribution is 9.10. The van der Waals surface area contributed by atoms with Crippen LogP contribution in [0.25, 0.3) is 0 Å². The number of amides is 1. The van der Waals surface area contributed by atoms with Gasteiger partial charge in [-0.05, 0) is 54.8 Å². The van der Waals surface area contributed by atoms with Gasteiger partial charge < -0.3 is 10.4 Å². The third-order valence-electron chi connectivity index (χ3n) is 2.77. The van der Waals surface area contributed by atoms with E-state index in [-0.39, 0.29) is 18.4 Å². The minimum atomic E-state index is -0.806. The highest BCUT2D eigenvalue weighted by Gasteiger charge is 2.13. The molecule has 1 amide bonds. The summed E-state index contributed by atoms with van der Waals surface area (Å²) in [5.74, 6) is -0.946. The summed E-state index contributed by atoms with van der Waals surface area (Å²) in [4.78, 5) is 22.5. The molecule has 0 saturated carbocycles. The fourth-order valence-corrected chi connectivity index (χ4v) is 2.17. The molecule has 1 atom stereocenters. The van der Waals surface area contributed by atoms with Crippen LogP contribution in [0.15, 0.2) is 22.7 Å². The normalized spacial score (nSPS) is 11.9. The maximum Gasteiger partial charge on any atom is 0.303 e. The van der Waals surface area contributed by atoms with Crippen molar-refractivity contribution in [1.29, 1.82) is 0 Å². The lowest BCUT2D eigenvalue weighted by molar-refractivity contribution is -0.137. The predicted molar refractivity (Wildman–Crippen MR) is 77.3 cm³/mol. The molecule has 4 nitrogen and oxygen atoms in total. The van der Waals surface area contributed by atoms with Crippen LogP contribution in [0, 0.1) is 6.92 Å². The van der Waals surface area contributed by atoms with Crippen molar-refractivity contribution in [3.8, 4) is 0 Å². The second kappa shape index (κ2) is 7.28. The number of aryl methyl sites for hydroxylation is 1. The van der Waals surface area contributed by atoms with E-state index in [1.54, 1.807) is 0 Å². The first kappa shape index (κ1) is 15.7. The molecule has 0 aliphatic heterocycles. The molecule has 1 unspecified atom stereocenters. The quantitative estimate of drug-likeness (QED) is 0.843. The fourth-order valence-electron chi connectivity index (χ4n) is 1.75. The average Bonchev–Trinajstić information content (AvgIpc) is 2.31. The van der Waals surface area contributed by atoms with Crippen molar-refractivity contribution in [3.63, 3.8) is 0 Å². The first-order chi connectivity index (χ1) is 8.90. The lowest BCUT2D eigenvalue weighted by Gasteiger charge is -2.14. The van der Waals surface area contributed by atoms with E-state index < -0.39 is 5.97 Å². The van der Waals surface area contributed by atoms with Crippen LogP contribution in [0.3, 0.4) is 0 Å². The zero-order valence-electron chi connectivity index (χ0n) is 11.1. The first-order valence-corrected chi connectivity index (χ1v) is 6.98. The van der Waals surface area contributed by atoms with Gasteiger partial charge in [0.2, 0.25) is 0 Å². The second-order valence-electron chi connectivity index (χ2n) is 4.64. The smallest absolute Gasteiger partial charge is 0.303 e. The Morgan fingerprint density at radius 3 is 2.74 bits per heavy atom. The Labute approximate surface area is 121 Å². The van der Waals surface area contributed by atoms with Gasteiger partial charge in [-0.1, -0.05) is 11.6 Å². The number of carbonyl (C=O) groups excluding carboxylic acids is 1. The summed E-state index contributed by atoms with van der Waals surface area (Å²) in [6, 6.07) is 5.55. The van der Waals surface area contributed by atoms with Crippen LogP contribution in [-0.2, 0) is 4.79 Å². The van der Waals surface area contributed by atoms with E-state index in [4.69, 9.17) is 5.11 Å². The standard InChI is InChI=1S/C14H18BrNO3/c1-9-6-7-12(15)11(8-9)14(19)16-10(2)4-3-5-13(17)18/h6-8,10H,3-5H2,1-2H3,(H,16,19)(H,17,18). The second-order valence-corrected chi connectivity index (χ2v) is 5.50. The van der Waals surface area contributed by atoms with Crippen LogP contribution in [0.4, 0.5) is 0 Å². The van der Waals surface area contributed by atoms with Crippen molar-refractivity contribution in [3.05, 3.63) is 33.8 Å². The number of aliphatic carboxylic acids is 1. The number of nitrogens with one attached hydrogen (secondary N) is 1. The van der Waals surface area contributed by atoms with Crippen LogP contribution in [-0.4, -0.2) is 23.0 Å². The van der Waals surface area contributed by atoms with E-state index in [0.29, 0.717) is 18.4 Å². The topological polar surface area (TPSA) is 66.4 Å². The highest BCUT2D eigenvalue weighted by atomic mass is 79.9. The lowest BCUT2D eigenvalue weighted by atomic mass is 10.1. The van der Waals surface area contributed by atoms with Gasteiger partial charge in [0.1, 0.15) is 0 Å². The SMILES string of the molecule is Cc1ccc(Br)c(C(=O)NC(C)CCCC(=O)O)c1. The van der Waals surface area contributed by atoms with Gasteiger partial charge in [0.05, 0.1) is 5.56 Å². The Hall–Kier alpha value is -1.36. The largest absolute Gasteiger partial charge is 0.481 e. The molecule has 1 aromatic carbocycles. The molecule has 1 rings (SSSR count). The summed E-state index contributed by atoms with van der Waals surface area (Å²) in [6.45, 7) is 3.81. The summed E-state index contributed by atoms with van der Waals surface area (Å²) in [7, 11) is 0. The molecule has 1 aromatic rings. The molecule has 0 aliphatic carbocycles. The number of carboxylic acids is 1. The van der Waals surface area contributed by atoms with Crippen molar-refractivity contribution >= 4 is 27.8 Å². The van der Waals surface area contributed by atoms with E-state index in [1.807, 2.05) is 32.0 Å². The third kappa shape index (κ3) is 5.42. The molecular weight excluding hydrogens is 310 g/mol. The number of carbonyl (C=O) groups is 2. The molecule has 0 spiro atoms. The number of halogens is 1. The molecule has 0 aromatic heterocycles. The number of benzene rings is 1. The predicted octanol–water partition coefficient (Wildman–Crippen LogP) is 3.13. The van der Waals surface area contributed by atoms with Gasteiger partial charge in [0.25, 0.3) is 5.91 Å². The molecule has 0 bridgehead atoms. The van der Waals surface area contributed by atoms with Crippen molar-refractivity contribution in [2.75, 3.05) is 0 Å². The van der Waals surface area contributed by atoms with Gasteiger partial charge in [-0.2, -0.15) is 0 Å². The number of hydrogen-bond acceptors (Lipinski definition) is 2. The molecule has 0 radical (unpaired) electrons. The Balaban J connectivity index is 2.54. The monoisotopic (exact) mass is 327 g/mol. The maximum atomic E-state index is 12.1. The highest BCUT2D eigenvalue weighted by Crippen LogP contribution is 2.18. The Bertz CT molecular complexity index is 474. The lowest BCUT2D eigenvalue weighted by Crippen LogP contribution is -2.32. The summed E-state index contributed by atoms with van der Waals surface area (Å²) in [5, 5.41) is 11.4. The van der Waals surface area contributed by atoms with Gasteiger partial charge in [-0.25, -0.2) is 0 Å². The van der Waals surface area contributed by atoms with Gasteiger partial charge in [-0.3, -0.25) is 9.59 Å². The zero-order valence-corrected chi connectivity index (χ0v) is 12.7. The van der Waals surface area contributed by atoms with Gasteiger partial charge >= 0.3 is 5.97 Å². The minimum Gasteiger partial charge on any atom is -0.481 e. The van der Waals surface area contributed by atoms with Crippen molar-refractivity contribution in [1.82, 2.24) is 5.32 Å². The van der Waals surface area contributed by atoms with Crippen LogP contribution < -0.4 is 5.32 Å². The van der Waals surface area contributed by atoms with Crippen molar-refractivity contribution in [2.45, 2.75) is 39.2 Å². The molecular formula is C14H18BrNO3. The minimum absolute atomic E-state index is 0.0423. The number of carboxylic acid groups (broad SMARTS) is 1. The average molecular weight is 328 g/mol. The third-order valence-corrected chi connectivity index (χ3v) is 3.46. The first-order valence-electron chi connectivity index (χ1n) is 6.19. The van der Waals surface area contributed by atoms with Crippen LogP contribution in [0.2, 0.25) is 0 Å². The summed E-state index contributed by atoms with van der Waals surface area (Å²) in [6.07, 6.45) is 1.35. The number of hydrogen-bond donors (Lipinski definition) is 2. The molecule has 0 fully saturated rings. The van der Waals surface area contributed by atoms with E-state index in [9.17, 15) is 9.59 Å². The van der Waals surface area contributed by atoms with Crippen LogP contribution in [0.1, 0.15) is 42.1 Å². The Morgan fingerprint density at radius 2 is 2.11 bits per heavy atom. The zero-order chi connectivity index (χ0) is 14.4. The van der Waals surface area contributed by atoms with Crippen LogP contribution >= 0.6 is 15.9 Å². The Kier molecular flexibility index (Phi) is 6.02. The molecule has 0 heterocycles. The van der Waals surface area contributed by atoms with E-state index >= 15 is 0 Å². The molecule has 0 saturated heterocycles. The van der Waals surface area contributed by atoms with Crippen LogP contribution in [0.5, 0.6) is 0 Å². The van der Waals surface area contributed by atoms with Crippen molar-refractivity contribution in [2.24, 2.45) is 0 Å². The summed E-state index contributed by atoms with van der Waals surface area (Å²) < 4.78 is 0.758. The summed E-state index contributed by atoms with van der Waals surface area (Å²) in [5.41, 5.74) is 1.62.